The fourth-order valence-electron chi connectivity index (χ4n) is 1.75. The molecule has 0 saturated carbocycles. The minimum atomic E-state index is -1.19. The van der Waals surface area contributed by atoms with Crippen LogP contribution in [0.1, 0.15) is 11.7 Å². The molecule has 0 aliphatic heterocycles. The smallest absolute Gasteiger partial charge is 0.260 e. The largest absolute Gasteiger partial charge is 0.378 e. The van der Waals surface area contributed by atoms with Gasteiger partial charge in [0.2, 0.25) is 0 Å². The molecule has 19 heavy (non-hydrogen) atoms. The topological polar surface area (TPSA) is 40.5 Å². The summed E-state index contributed by atoms with van der Waals surface area (Å²) in [6, 6.07) is 15.8. The van der Waals surface area contributed by atoms with Crippen molar-refractivity contribution in [3.05, 3.63) is 65.2 Å². The summed E-state index contributed by atoms with van der Waals surface area (Å²) in [4.78, 5) is 13.6. The minimum absolute atomic E-state index is 0.381. The summed E-state index contributed by atoms with van der Waals surface area (Å²) >= 11 is 5.78. The van der Waals surface area contributed by atoms with Gasteiger partial charge in [-0.05, 0) is 29.8 Å². The highest BCUT2D eigenvalue weighted by molar-refractivity contribution is 6.30. The number of para-hydroxylation sites is 1. The zero-order valence-electron chi connectivity index (χ0n) is 10.5. The Labute approximate surface area is 117 Å². The van der Waals surface area contributed by atoms with Gasteiger partial charge in [0.05, 0.1) is 0 Å². The number of aliphatic hydroxyl groups is 1. The SMILES string of the molecule is CN(C(=O)C(O)c1ccc(Cl)cc1)c1ccccc1. The molecule has 0 spiro atoms. The van der Waals surface area contributed by atoms with Gasteiger partial charge < -0.3 is 10.0 Å². The lowest BCUT2D eigenvalue weighted by atomic mass is 10.1. The number of nitrogens with zero attached hydrogens (tertiary/aromatic N) is 1. The van der Waals surface area contributed by atoms with Crippen LogP contribution in [0.25, 0.3) is 0 Å². The molecule has 0 aliphatic rings. The highest BCUT2D eigenvalue weighted by Gasteiger charge is 2.21. The summed E-state index contributed by atoms with van der Waals surface area (Å²) in [5, 5.41) is 10.6. The Bertz CT molecular complexity index is 554. The first-order valence-electron chi connectivity index (χ1n) is 5.86. The predicted molar refractivity (Wildman–Crippen MR) is 76.3 cm³/mol. The molecule has 2 rings (SSSR count). The molecule has 98 valence electrons. The van der Waals surface area contributed by atoms with Gasteiger partial charge in [-0.25, -0.2) is 0 Å². The number of carbonyl (C=O) groups is 1. The zero-order valence-corrected chi connectivity index (χ0v) is 11.2. The van der Waals surface area contributed by atoms with Crippen LogP contribution in [-0.4, -0.2) is 18.1 Å². The Balaban J connectivity index is 2.17. The highest BCUT2D eigenvalue weighted by Crippen LogP contribution is 2.21. The van der Waals surface area contributed by atoms with Crippen LogP contribution in [0.5, 0.6) is 0 Å². The number of likely N-dealkylation sites (N-methyl/N-ethyl adjacent to an activating group) is 1. The number of carbonyl (C=O) groups excluding carboxylic acids is 1. The molecule has 1 amide bonds. The van der Waals surface area contributed by atoms with Gasteiger partial charge in [0.25, 0.3) is 5.91 Å². The molecule has 0 aromatic heterocycles. The first-order valence-corrected chi connectivity index (χ1v) is 6.23. The Morgan fingerprint density at radius 3 is 2.26 bits per heavy atom. The van der Waals surface area contributed by atoms with E-state index < -0.39 is 6.10 Å². The lowest BCUT2D eigenvalue weighted by Crippen LogP contribution is -2.31. The maximum Gasteiger partial charge on any atom is 0.260 e. The number of rotatable bonds is 3. The molecule has 0 heterocycles. The van der Waals surface area contributed by atoms with E-state index in [1.165, 1.54) is 4.90 Å². The van der Waals surface area contributed by atoms with Crippen molar-refractivity contribution in [1.29, 1.82) is 0 Å². The van der Waals surface area contributed by atoms with E-state index in [9.17, 15) is 9.90 Å². The van der Waals surface area contributed by atoms with Crippen LogP contribution in [0, 0.1) is 0 Å². The molecule has 1 unspecified atom stereocenters. The third kappa shape index (κ3) is 3.13. The van der Waals surface area contributed by atoms with Crippen molar-refractivity contribution in [2.45, 2.75) is 6.10 Å². The van der Waals surface area contributed by atoms with Crippen molar-refractivity contribution < 1.29 is 9.90 Å². The number of amides is 1. The van der Waals surface area contributed by atoms with E-state index in [1.54, 1.807) is 31.3 Å². The van der Waals surface area contributed by atoms with Gasteiger partial charge in [0.1, 0.15) is 0 Å². The lowest BCUT2D eigenvalue weighted by Gasteiger charge is -2.21. The van der Waals surface area contributed by atoms with Crippen molar-refractivity contribution >= 4 is 23.2 Å². The van der Waals surface area contributed by atoms with Crippen LogP contribution < -0.4 is 4.90 Å². The van der Waals surface area contributed by atoms with Crippen molar-refractivity contribution in [3.8, 4) is 0 Å². The van der Waals surface area contributed by atoms with Gasteiger partial charge in [0.15, 0.2) is 6.10 Å². The van der Waals surface area contributed by atoms with E-state index in [0.717, 1.165) is 5.69 Å². The molecule has 0 radical (unpaired) electrons. The summed E-state index contributed by atoms with van der Waals surface area (Å²) in [5.74, 6) is -0.381. The van der Waals surface area contributed by atoms with Crippen molar-refractivity contribution in [1.82, 2.24) is 0 Å². The summed E-state index contributed by atoms with van der Waals surface area (Å²) in [6.45, 7) is 0. The molecule has 4 heteroatoms. The summed E-state index contributed by atoms with van der Waals surface area (Å²) in [5.41, 5.74) is 1.26. The zero-order chi connectivity index (χ0) is 13.8. The molecule has 0 bridgehead atoms. The van der Waals surface area contributed by atoms with Crippen LogP contribution in [-0.2, 0) is 4.79 Å². The van der Waals surface area contributed by atoms with Gasteiger partial charge in [0, 0.05) is 17.8 Å². The van der Waals surface area contributed by atoms with E-state index in [4.69, 9.17) is 11.6 Å². The molecule has 0 aliphatic carbocycles. The molecular formula is C15H14ClNO2. The van der Waals surface area contributed by atoms with Gasteiger partial charge >= 0.3 is 0 Å². The van der Waals surface area contributed by atoms with Crippen LogP contribution in [0.15, 0.2) is 54.6 Å². The molecular weight excluding hydrogens is 262 g/mol. The third-order valence-electron chi connectivity index (χ3n) is 2.89. The van der Waals surface area contributed by atoms with Crippen molar-refractivity contribution in [2.75, 3.05) is 11.9 Å². The maximum atomic E-state index is 12.2. The number of hydrogen-bond acceptors (Lipinski definition) is 2. The van der Waals surface area contributed by atoms with E-state index in [0.29, 0.717) is 10.6 Å². The molecule has 0 saturated heterocycles. The summed E-state index contributed by atoms with van der Waals surface area (Å²) in [6.07, 6.45) is -1.19. The average Bonchev–Trinajstić information content (AvgIpc) is 2.46. The fraction of sp³-hybridized carbons (Fsp3) is 0.133. The second kappa shape index (κ2) is 5.87. The number of aliphatic hydroxyl groups excluding tert-OH is 1. The molecule has 2 aromatic rings. The summed E-state index contributed by atoms with van der Waals surface area (Å²) in [7, 11) is 1.64. The fourth-order valence-corrected chi connectivity index (χ4v) is 1.88. The minimum Gasteiger partial charge on any atom is -0.378 e. The predicted octanol–water partition coefficient (Wildman–Crippen LogP) is 3.04. The Morgan fingerprint density at radius 1 is 1.11 bits per heavy atom. The van der Waals surface area contributed by atoms with Crippen LogP contribution in [0.3, 0.4) is 0 Å². The van der Waals surface area contributed by atoms with Gasteiger partial charge in [-0.3, -0.25) is 4.79 Å². The van der Waals surface area contributed by atoms with Crippen LogP contribution in [0.2, 0.25) is 5.02 Å². The molecule has 1 N–H and O–H groups in total. The number of benzene rings is 2. The number of anilines is 1. The molecule has 1 atom stereocenters. The van der Waals surface area contributed by atoms with E-state index >= 15 is 0 Å². The second-order valence-electron chi connectivity index (χ2n) is 4.19. The van der Waals surface area contributed by atoms with E-state index in [2.05, 4.69) is 0 Å². The average molecular weight is 276 g/mol. The number of halogens is 1. The Kier molecular flexibility index (Phi) is 4.20. The standard InChI is InChI=1S/C15H14ClNO2/c1-17(13-5-3-2-4-6-13)15(19)14(18)11-7-9-12(16)10-8-11/h2-10,14,18H,1H3. The third-order valence-corrected chi connectivity index (χ3v) is 3.15. The lowest BCUT2D eigenvalue weighted by molar-refractivity contribution is -0.126. The van der Waals surface area contributed by atoms with Crippen molar-refractivity contribution in [3.63, 3.8) is 0 Å². The first-order chi connectivity index (χ1) is 9.09. The van der Waals surface area contributed by atoms with Crippen LogP contribution >= 0.6 is 11.6 Å². The second-order valence-corrected chi connectivity index (χ2v) is 4.62. The quantitative estimate of drug-likeness (QED) is 0.935. The maximum absolute atomic E-state index is 12.2. The molecule has 2 aromatic carbocycles. The molecule has 3 nitrogen and oxygen atoms in total. The van der Waals surface area contributed by atoms with E-state index in [-0.39, 0.29) is 5.91 Å². The highest BCUT2D eigenvalue weighted by atomic mass is 35.5. The van der Waals surface area contributed by atoms with Crippen LogP contribution in [0.4, 0.5) is 5.69 Å². The van der Waals surface area contributed by atoms with Gasteiger partial charge in [-0.2, -0.15) is 0 Å². The van der Waals surface area contributed by atoms with E-state index in [1.807, 2.05) is 30.3 Å². The monoisotopic (exact) mass is 275 g/mol. The first kappa shape index (κ1) is 13.6. The Hall–Kier alpha value is -1.84. The van der Waals surface area contributed by atoms with Gasteiger partial charge in [-0.15, -0.1) is 0 Å². The number of hydrogen-bond donors (Lipinski definition) is 1. The Morgan fingerprint density at radius 2 is 1.68 bits per heavy atom. The summed E-state index contributed by atoms with van der Waals surface area (Å²) < 4.78 is 0. The van der Waals surface area contributed by atoms with Crippen molar-refractivity contribution in [2.24, 2.45) is 0 Å². The van der Waals surface area contributed by atoms with Gasteiger partial charge in [-0.1, -0.05) is 41.9 Å². The normalized spacial score (nSPS) is 11.9. The molecule has 0 fully saturated rings.